The fraction of sp³-hybridized carbons (Fsp3) is 0.364. The van der Waals surface area contributed by atoms with Crippen LogP contribution in [0.25, 0.3) is 0 Å². The van der Waals surface area contributed by atoms with E-state index in [4.69, 9.17) is 0 Å². The predicted molar refractivity (Wildman–Crippen MR) is 68.9 cm³/mol. The third kappa shape index (κ3) is 2.52. The molecule has 1 unspecified atom stereocenters. The summed E-state index contributed by atoms with van der Waals surface area (Å²) in [4.78, 5) is 9.85. The van der Waals surface area contributed by atoms with E-state index in [0.717, 1.165) is 12.1 Å². The van der Waals surface area contributed by atoms with Crippen molar-refractivity contribution in [3.05, 3.63) is 33.9 Å². The van der Waals surface area contributed by atoms with Gasteiger partial charge in [-0.2, -0.15) is 22.0 Å². The molecule has 1 aliphatic rings. The van der Waals surface area contributed by atoms with Crippen LogP contribution in [-0.2, 0) is 0 Å². The molecule has 0 saturated carbocycles. The zero-order valence-corrected chi connectivity index (χ0v) is 12.0. The van der Waals surface area contributed by atoms with E-state index in [0.29, 0.717) is 6.07 Å². The van der Waals surface area contributed by atoms with E-state index >= 15 is 0 Å². The molecule has 14 heteroatoms. The minimum atomic E-state index is -6.66. The molecule has 0 fully saturated rings. The number of alkyl halides is 7. The van der Waals surface area contributed by atoms with Crippen LogP contribution in [0, 0.1) is 17.0 Å². The molecule has 25 heavy (non-hydrogen) atoms. The van der Waals surface area contributed by atoms with Gasteiger partial charge in [-0.1, -0.05) is 11.2 Å². The van der Waals surface area contributed by atoms with E-state index in [1.54, 1.807) is 0 Å². The molecule has 0 saturated heterocycles. The SMILES string of the molecule is Cc1ccc([N+]2(C(F)(F)C(F)(F)C(F)(F)F)C=NN=N2)c([N+](=O)[O-])c1. The molecule has 1 heterocycles. The smallest absolute Gasteiger partial charge is 0.258 e. The molecule has 136 valence electrons. The van der Waals surface area contributed by atoms with Crippen molar-refractivity contribution in [3.63, 3.8) is 0 Å². The summed E-state index contributed by atoms with van der Waals surface area (Å²) < 4.78 is 90.2. The summed E-state index contributed by atoms with van der Waals surface area (Å²) in [6, 6.07) is -3.69. The Balaban J connectivity index is 2.81. The van der Waals surface area contributed by atoms with E-state index in [1.807, 2.05) is 0 Å². The van der Waals surface area contributed by atoms with Crippen molar-refractivity contribution in [1.29, 1.82) is 0 Å². The van der Waals surface area contributed by atoms with Crippen LogP contribution in [0.15, 0.2) is 33.7 Å². The zero-order chi connectivity index (χ0) is 19.3. The topological polar surface area (TPSA) is 80.2 Å². The Kier molecular flexibility index (Phi) is 4.06. The second-order valence-electron chi connectivity index (χ2n) is 4.96. The number of quaternary nitrogens is 1. The lowest BCUT2D eigenvalue weighted by Gasteiger charge is -2.34. The summed E-state index contributed by atoms with van der Waals surface area (Å²) in [6.07, 6.45) is -6.79. The number of nitrogens with zero attached hydrogens (tertiary/aromatic N) is 5. The monoisotopic (exact) mass is 374 g/mol. The first kappa shape index (κ1) is 18.7. The Labute approximate surface area is 133 Å². The highest BCUT2D eigenvalue weighted by Crippen LogP contribution is 2.54. The molecule has 1 aromatic carbocycles. The first-order valence-electron chi connectivity index (χ1n) is 6.21. The Morgan fingerprint density at radius 2 is 1.72 bits per heavy atom. The van der Waals surface area contributed by atoms with E-state index in [1.165, 1.54) is 6.92 Å². The standard InChI is InChI=1S/C11H7F7N5O2/c1-6-2-3-8(7(4-6)22(24)25)23(5-19-20-21-23)11(17,18)9(12,13)10(14,15)16/h2-5H,1H3/q+1. The van der Waals surface area contributed by atoms with Crippen LogP contribution in [0.2, 0.25) is 0 Å². The average Bonchev–Trinajstić information content (AvgIpc) is 2.96. The van der Waals surface area contributed by atoms with Gasteiger partial charge in [-0.3, -0.25) is 10.1 Å². The minimum Gasteiger partial charge on any atom is -0.258 e. The molecule has 0 bridgehead atoms. The van der Waals surface area contributed by atoms with Crippen LogP contribution >= 0.6 is 0 Å². The molecule has 0 radical (unpaired) electrons. The average molecular weight is 374 g/mol. The number of benzene rings is 1. The highest BCUT2D eigenvalue weighted by atomic mass is 19.4. The molecule has 1 aliphatic heterocycles. The molecule has 2 rings (SSSR count). The van der Waals surface area contributed by atoms with E-state index < -0.39 is 39.0 Å². The maximum Gasteiger partial charge on any atom is 0.502 e. The van der Waals surface area contributed by atoms with Crippen molar-refractivity contribution >= 4 is 17.7 Å². The summed E-state index contributed by atoms with van der Waals surface area (Å²) in [7, 11) is 0. The molecule has 1 atom stereocenters. The lowest BCUT2D eigenvalue weighted by atomic mass is 10.1. The number of nitro groups is 1. The molecular weight excluding hydrogens is 367 g/mol. The Hall–Kier alpha value is -2.64. The highest BCUT2D eigenvalue weighted by Gasteiger charge is 2.85. The van der Waals surface area contributed by atoms with Gasteiger partial charge < -0.3 is 0 Å². The molecule has 0 amide bonds. The van der Waals surface area contributed by atoms with Gasteiger partial charge in [0.15, 0.2) is 0 Å². The summed E-state index contributed by atoms with van der Waals surface area (Å²) in [5.74, 6) is -6.59. The lowest BCUT2D eigenvalue weighted by molar-refractivity contribution is -0.391. The van der Waals surface area contributed by atoms with Gasteiger partial charge in [0.05, 0.1) is 10.1 Å². The second kappa shape index (κ2) is 5.44. The van der Waals surface area contributed by atoms with Gasteiger partial charge in [0.1, 0.15) is 0 Å². The number of nitro benzene ring substituents is 1. The summed E-state index contributed by atoms with van der Waals surface area (Å²) in [5, 5.41) is 19.2. The number of hydrogen-bond acceptors (Lipinski definition) is 5. The third-order valence-electron chi connectivity index (χ3n) is 3.31. The molecule has 0 aromatic heterocycles. The first-order valence-corrected chi connectivity index (χ1v) is 6.21. The maximum absolute atomic E-state index is 14.3. The summed E-state index contributed by atoms with van der Waals surface area (Å²) >= 11 is 0. The van der Waals surface area contributed by atoms with Crippen LogP contribution in [0.1, 0.15) is 5.56 Å². The van der Waals surface area contributed by atoms with Crippen molar-refractivity contribution in [3.8, 4) is 0 Å². The second-order valence-corrected chi connectivity index (χ2v) is 4.96. The van der Waals surface area contributed by atoms with Crippen LogP contribution in [0.5, 0.6) is 0 Å². The van der Waals surface area contributed by atoms with E-state index in [-0.39, 0.29) is 11.9 Å². The van der Waals surface area contributed by atoms with Crippen molar-refractivity contribution in [2.45, 2.75) is 25.1 Å². The number of rotatable bonds is 4. The largest absolute Gasteiger partial charge is 0.502 e. The van der Waals surface area contributed by atoms with Crippen LogP contribution in [-0.4, -0.2) is 29.4 Å². The minimum absolute atomic E-state index is 0.128. The fourth-order valence-corrected chi connectivity index (χ4v) is 2.05. The van der Waals surface area contributed by atoms with Gasteiger partial charge in [0.2, 0.25) is 0 Å². The summed E-state index contributed by atoms with van der Waals surface area (Å²) in [6.45, 7) is 1.32. The third-order valence-corrected chi connectivity index (χ3v) is 3.31. The van der Waals surface area contributed by atoms with E-state index in [2.05, 4.69) is 15.5 Å². The number of hydrogen-bond donors (Lipinski definition) is 0. The van der Waals surface area contributed by atoms with Gasteiger partial charge in [0.25, 0.3) is 12.0 Å². The van der Waals surface area contributed by atoms with Gasteiger partial charge in [-0.25, -0.2) is 0 Å². The van der Waals surface area contributed by atoms with Gasteiger partial charge in [-0.15, -0.1) is 8.78 Å². The van der Waals surface area contributed by atoms with Crippen LogP contribution in [0.3, 0.4) is 0 Å². The Morgan fingerprint density at radius 1 is 1.12 bits per heavy atom. The number of aryl methyl sites for hydroxylation is 1. The molecular formula is C11H7F7N5O2+. The van der Waals surface area contributed by atoms with Gasteiger partial charge in [0, 0.05) is 17.4 Å². The fourth-order valence-electron chi connectivity index (χ4n) is 2.05. The predicted octanol–water partition coefficient (Wildman–Crippen LogP) is 4.33. The molecule has 0 N–H and O–H groups in total. The highest BCUT2D eigenvalue weighted by molar-refractivity contribution is 5.80. The Morgan fingerprint density at radius 3 is 2.16 bits per heavy atom. The van der Waals surface area contributed by atoms with Gasteiger partial charge in [-0.05, 0) is 17.1 Å². The molecule has 0 aliphatic carbocycles. The van der Waals surface area contributed by atoms with Crippen molar-refractivity contribution in [2.24, 2.45) is 15.5 Å². The van der Waals surface area contributed by atoms with E-state index in [9.17, 15) is 40.8 Å². The lowest BCUT2D eigenvalue weighted by Crippen LogP contribution is -2.68. The van der Waals surface area contributed by atoms with Crippen molar-refractivity contribution in [2.75, 3.05) is 0 Å². The van der Waals surface area contributed by atoms with Crippen molar-refractivity contribution < 1.29 is 35.7 Å². The Bertz CT molecular complexity index is 763. The van der Waals surface area contributed by atoms with Gasteiger partial charge >= 0.3 is 23.8 Å². The number of halogens is 7. The first-order chi connectivity index (χ1) is 11.3. The van der Waals surface area contributed by atoms with Crippen molar-refractivity contribution in [1.82, 2.24) is 4.59 Å². The normalized spacial score (nSPS) is 21.0. The summed E-state index contributed by atoms with van der Waals surface area (Å²) in [5.41, 5.74) is -2.23. The molecule has 7 nitrogen and oxygen atoms in total. The maximum atomic E-state index is 14.3. The molecule has 1 aromatic rings. The van der Waals surface area contributed by atoms with Crippen LogP contribution in [0.4, 0.5) is 42.1 Å². The zero-order valence-electron chi connectivity index (χ0n) is 12.0. The quantitative estimate of drug-likeness (QED) is 0.259. The van der Waals surface area contributed by atoms with Crippen LogP contribution < -0.4 is 4.59 Å². The molecule has 0 spiro atoms.